The smallest absolute Gasteiger partial charge is 0.154 e. The van der Waals surface area contributed by atoms with Gasteiger partial charge in [-0.2, -0.15) is 0 Å². The fraction of sp³-hybridized carbons (Fsp3) is 1.00. The molecule has 0 saturated heterocycles. The lowest BCUT2D eigenvalue weighted by Gasteiger charge is -2.12. The van der Waals surface area contributed by atoms with E-state index in [0.29, 0.717) is 0 Å². The summed E-state index contributed by atoms with van der Waals surface area (Å²) in [7, 11) is 0. The van der Waals surface area contributed by atoms with Crippen LogP contribution in [0.25, 0.3) is 0 Å². The molecule has 0 fully saturated rings. The highest BCUT2D eigenvalue weighted by atomic mass is 16.6. The van der Waals surface area contributed by atoms with Crippen LogP contribution in [0.2, 0.25) is 0 Å². The fourth-order valence-electron chi connectivity index (χ4n) is 5.29. The summed E-state index contributed by atoms with van der Waals surface area (Å²) >= 11 is 0. The predicted molar refractivity (Wildman–Crippen MR) is 162 cm³/mol. The van der Waals surface area contributed by atoms with Crippen molar-refractivity contribution < 1.29 is 9.84 Å². The molecule has 0 saturated carbocycles. The van der Waals surface area contributed by atoms with Crippen molar-refractivity contribution in [3.63, 3.8) is 0 Å². The predicted octanol–water partition coefficient (Wildman–Crippen LogP) is 12.1. The largest absolute Gasteiger partial charge is 0.368 e. The van der Waals surface area contributed by atoms with Gasteiger partial charge in [-0.05, 0) is 19.3 Å². The van der Waals surface area contributed by atoms with Crippen LogP contribution < -0.4 is 0 Å². The van der Waals surface area contributed by atoms with Crippen molar-refractivity contribution in [1.29, 1.82) is 0 Å². The molecule has 0 aliphatic carbocycles. The Morgan fingerprint density at radius 2 is 0.611 bits per heavy atom. The van der Waals surface area contributed by atoms with E-state index in [2.05, 4.69) is 13.8 Å². The van der Waals surface area contributed by atoms with Gasteiger partial charge in [0.25, 0.3) is 0 Å². The second-order valence-electron chi connectivity index (χ2n) is 11.7. The maximum absolute atomic E-state index is 10.0. The van der Waals surface area contributed by atoms with Crippen molar-refractivity contribution in [2.24, 2.45) is 0 Å². The van der Waals surface area contributed by atoms with Gasteiger partial charge in [0, 0.05) is 6.61 Å². The number of hydrogen-bond donors (Lipinski definition) is 1. The van der Waals surface area contributed by atoms with Gasteiger partial charge in [0.15, 0.2) is 6.29 Å². The molecule has 0 radical (unpaired) electrons. The lowest BCUT2D eigenvalue weighted by molar-refractivity contribution is -0.105. The molecule has 218 valence electrons. The molecular formula is C34H70O2. The quantitative estimate of drug-likeness (QED) is 0.0720. The van der Waals surface area contributed by atoms with Gasteiger partial charge in [0.1, 0.15) is 0 Å². The first kappa shape index (κ1) is 35.9. The zero-order valence-corrected chi connectivity index (χ0v) is 25.4. The molecule has 36 heavy (non-hydrogen) atoms. The summed E-state index contributed by atoms with van der Waals surface area (Å²) in [6.07, 6.45) is 40.4. The van der Waals surface area contributed by atoms with Crippen molar-refractivity contribution in [3.05, 3.63) is 0 Å². The maximum atomic E-state index is 10.0. The van der Waals surface area contributed by atoms with Gasteiger partial charge < -0.3 is 9.84 Å². The van der Waals surface area contributed by atoms with Crippen LogP contribution in [0.15, 0.2) is 0 Å². The molecule has 0 heterocycles. The van der Waals surface area contributed by atoms with E-state index >= 15 is 0 Å². The second kappa shape index (κ2) is 32.9. The van der Waals surface area contributed by atoms with E-state index in [1.54, 1.807) is 0 Å². The van der Waals surface area contributed by atoms with Crippen molar-refractivity contribution in [3.8, 4) is 0 Å². The van der Waals surface area contributed by atoms with E-state index in [9.17, 15) is 5.11 Å². The average Bonchev–Trinajstić information content (AvgIpc) is 2.88. The molecule has 0 aromatic heterocycles. The zero-order valence-electron chi connectivity index (χ0n) is 25.4. The number of unbranched alkanes of at least 4 members (excludes halogenated alkanes) is 27. The van der Waals surface area contributed by atoms with Crippen LogP contribution in [0.5, 0.6) is 0 Å². The third-order valence-electron chi connectivity index (χ3n) is 7.86. The van der Waals surface area contributed by atoms with Crippen LogP contribution in [0.4, 0.5) is 0 Å². The molecular weight excluding hydrogens is 440 g/mol. The Morgan fingerprint density at radius 3 is 0.917 bits per heavy atom. The van der Waals surface area contributed by atoms with Crippen LogP contribution in [0, 0.1) is 0 Å². The van der Waals surface area contributed by atoms with Crippen LogP contribution in [-0.4, -0.2) is 18.0 Å². The average molecular weight is 511 g/mol. The van der Waals surface area contributed by atoms with Crippen molar-refractivity contribution in [1.82, 2.24) is 0 Å². The van der Waals surface area contributed by atoms with Gasteiger partial charge in [-0.3, -0.25) is 0 Å². The van der Waals surface area contributed by atoms with E-state index in [0.717, 1.165) is 25.9 Å². The van der Waals surface area contributed by atoms with Gasteiger partial charge in [-0.25, -0.2) is 0 Å². The van der Waals surface area contributed by atoms with Crippen LogP contribution in [0.3, 0.4) is 0 Å². The lowest BCUT2D eigenvalue weighted by Crippen LogP contribution is -2.12. The third kappa shape index (κ3) is 31.9. The molecule has 1 atom stereocenters. The van der Waals surface area contributed by atoms with E-state index in [-0.39, 0.29) is 0 Å². The van der Waals surface area contributed by atoms with Gasteiger partial charge in [0.2, 0.25) is 0 Å². The van der Waals surface area contributed by atoms with Crippen LogP contribution in [-0.2, 0) is 4.74 Å². The minimum atomic E-state index is -0.533. The highest BCUT2D eigenvalue weighted by Crippen LogP contribution is 2.15. The van der Waals surface area contributed by atoms with Gasteiger partial charge in [-0.15, -0.1) is 0 Å². The Balaban J connectivity index is 3.13. The fourth-order valence-corrected chi connectivity index (χ4v) is 5.29. The molecule has 0 aromatic carbocycles. The van der Waals surface area contributed by atoms with E-state index in [4.69, 9.17) is 4.74 Å². The molecule has 1 unspecified atom stereocenters. The van der Waals surface area contributed by atoms with Gasteiger partial charge in [0.05, 0.1) is 0 Å². The number of aliphatic hydroxyl groups is 1. The standard InChI is InChI=1S/C34H70O2/c1-3-5-7-9-11-13-15-17-18-19-21-23-25-27-29-31-33-36-34(35)32-30-28-26-24-22-20-16-14-12-10-8-6-4-2/h34-35H,3-33H2,1-2H3. The molecule has 0 spiro atoms. The minimum absolute atomic E-state index is 0.533. The van der Waals surface area contributed by atoms with E-state index in [1.807, 2.05) is 0 Å². The van der Waals surface area contributed by atoms with Crippen molar-refractivity contribution in [2.45, 2.75) is 213 Å². The molecule has 0 aliphatic heterocycles. The Kier molecular flexibility index (Phi) is 32.9. The lowest BCUT2D eigenvalue weighted by atomic mass is 10.0. The van der Waals surface area contributed by atoms with Crippen LogP contribution >= 0.6 is 0 Å². The Hall–Kier alpha value is -0.0800. The molecule has 1 N–H and O–H groups in total. The van der Waals surface area contributed by atoms with E-state index in [1.165, 1.54) is 173 Å². The summed E-state index contributed by atoms with van der Waals surface area (Å²) < 4.78 is 5.62. The Morgan fingerprint density at radius 1 is 0.361 bits per heavy atom. The highest BCUT2D eigenvalue weighted by molar-refractivity contribution is 4.52. The maximum Gasteiger partial charge on any atom is 0.154 e. The minimum Gasteiger partial charge on any atom is -0.368 e. The molecule has 2 nitrogen and oxygen atoms in total. The molecule has 0 aromatic rings. The molecule has 0 bridgehead atoms. The van der Waals surface area contributed by atoms with Gasteiger partial charge >= 0.3 is 0 Å². The number of aliphatic hydroxyl groups excluding tert-OH is 1. The Bertz CT molecular complexity index is 370. The summed E-state index contributed by atoms with van der Waals surface area (Å²) in [6.45, 7) is 5.32. The number of hydrogen-bond acceptors (Lipinski definition) is 2. The van der Waals surface area contributed by atoms with Gasteiger partial charge in [-0.1, -0.05) is 187 Å². The first-order valence-corrected chi connectivity index (χ1v) is 17.1. The van der Waals surface area contributed by atoms with Crippen LogP contribution in [0.1, 0.15) is 206 Å². The summed E-state index contributed by atoms with van der Waals surface area (Å²) in [4.78, 5) is 0. The number of ether oxygens (including phenoxy) is 1. The highest BCUT2D eigenvalue weighted by Gasteiger charge is 2.03. The van der Waals surface area contributed by atoms with Crippen molar-refractivity contribution >= 4 is 0 Å². The first-order chi connectivity index (χ1) is 17.8. The molecule has 0 aliphatic rings. The normalized spacial score (nSPS) is 12.4. The van der Waals surface area contributed by atoms with Crippen molar-refractivity contribution in [2.75, 3.05) is 6.61 Å². The second-order valence-corrected chi connectivity index (χ2v) is 11.7. The molecule has 2 heteroatoms. The first-order valence-electron chi connectivity index (χ1n) is 17.1. The number of rotatable bonds is 32. The topological polar surface area (TPSA) is 29.5 Å². The third-order valence-corrected chi connectivity index (χ3v) is 7.86. The molecule has 0 amide bonds. The summed E-state index contributed by atoms with van der Waals surface area (Å²) in [5.74, 6) is 0. The summed E-state index contributed by atoms with van der Waals surface area (Å²) in [6, 6.07) is 0. The molecule has 0 rings (SSSR count). The van der Waals surface area contributed by atoms with E-state index < -0.39 is 6.29 Å². The Labute approximate surface area is 229 Å². The summed E-state index contributed by atoms with van der Waals surface area (Å²) in [5.41, 5.74) is 0. The SMILES string of the molecule is CCCCCCCCCCCCCCCCCCOC(O)CCCCCCCCCCCCCCC. The zero-order chi connectivity index (χ0) is 26.2. The monoisotopic (exact) mass is 511 g/mol. The summed E-state index contributed by atoms with van der Waals surface area (Å²) in [5, 5.41) is 10.0.